The fourth-order valence-electron chi connectivity index (χ4n) is 5.45. The molecule has 2 aromatic rings. The molecule has 2 aliphatic heterocycles. The molecule has 0 spiro atoms. The number of aliphatic hydroxyl groups is 1. The first-order chi connectivity index (χ1) is 15.6. The van der Waals surface area contributed by atoms with Gasteiger partial charge in [-0.1, -0.05) is 93.6 Å². The van der Waals surface area contributed by atoms with Crippen molar-refractivity contribution in [3.8, 4) is 0 Å². The minimum atomic E-state index is -2.74. The number of hydrogen-bond donors (Lipinski definition) is 1. The number of benzene rings is 2. The number of rotatable bonds is 5. The fourth-order valence-corrected chi connectivity index (χ4v) is 10.1. The highest BCUT2D eigenvalue weighted by molar-refractivity contribution is 6.99. The second-order valence-corrected chi connectivity index (χ2v) is 15.2. The number of aliphatic hydroxyl groups excluding tert-OH is 1. The Bertz CT molecular complexity index is 915. The van der Waals surface area contributed by atoms with E-state index >= 15 is 0 Å². The summed E-state index contributed by atoms with van der Waals surface area (Å²) in [4.78, 5) is 0. The number of ether oxygens (including phenoxy) is 2. The predicted octanol–water partition coefficient (Wildman–Crippen LogP) is 4.21. The van der Waals surface area contributed by atoms with Crippen molar-refractivity contribution < 1.29 is 19.0 Å². The van der Waals surface area contributed by atoms with E-state index in [4.69, 9.17) is 13.9 Å². The Balaban J connectivity index is 1.75. The van der Waals surface area contributed by atoms with Crippen molar-refractivity contribution in [1.82, 2.24) is 0 Å². The Morgan fingerprint density at radius 3 is 2.09 bits per heavy atom. The monoisotopic (exact) mass is 466 g/mol. The smallest absolute Gasteiger partial charge is 0.261 e. The van der Waals surface area contributed by atoms with E-state index in [1.807, 2.05) is 31.2 Å². The highest BCUT2D eigenvalue weighted by atomic mass is 28.4. The van der Waals surface area contributed by atoms with E-state index in [2.05, 4.69) is 76.2 Å². The first-order valence-electron chi connectivity index (χ1n) is 12.0. The second-order valence-electron chi connectivity index (χ2n) is 10.9. The maximum Gasteiger partial charge on any atom is 0.261 e. The first kappa shape index (κ1) is 24.4. The normalized spacial score (nSPS) is 30.5. The molecule has 33 heavy (non-hydrogen) atoms. The molecule has 0 radical (unpaired) electrons. The quantitative estimate of drug-likeness (QED) is 0.530. The molecule has 0 aliphatic carbocycles. The molecule has 4 rings (SSSR count). The van der Waals surface area contributed by atoms with Crippen LogP contribution >= 0.6 is 0 Å². The molecule has 2 aromatic carbocycles. The van der Waals surface area contributed by atoms with Crippen LogP contribution in [0.4, 0.5) is 0 Å². The average molecular weight is 467 g/mol. The van der Waals surface area contributed by atoms with Gasteiger partial charge in [-0.25, -0.2) is 0 Å². The molecular formula is C28H38O4Si. The molecule has 0 unspecified atom stereocenters. The summed E-state index contributed by atoms with van der Waals surface area (Å²) in [5.74, 6) is 0. The van der Waals surface area contributed by atoms with Gasteiger partial charge in [-0.3, -0.25) is 0 Å². The minimum Gasteiger partial charge on any atom is -0.404 e. The summed E-state index contributed by atoms with van der Waals surface area (Å²) in [6.45, 7) is 11.9. The van der Waals surface area contributed by atoms with Gasteiger partial charge in [0.2, 0.25) is 0 Å². The van der Waals surface area contributed by atoms with Crippen LogP contribution in [0.1, 0.15) is 47.5 Å². The molecule has 2 aliphatic rings. The molecule has 4 nitrogen and oxygen atoms in total. The number of hydrogen-bond acceptors (Lipinski definition) is 4. The third-order valence-electron chi connectivity index (χ3n) is 7.27. The largest absolute Gasteiger partial charge is 0.404 e. The van der Waals surface area contributed by atoms with Gasteiger partial charge in [0.15, 0.2) is 0 Å². The Labute approximate surface area is 199 Å². The lowest BCUT2D eigenvalue weighted by Crippen LogP contribution is -2.68. The summed E-state index contributed by atoms with van der Waals surface area (Å²) in [5.41, 5.74) is -1.39. The van der Waals surface area contributed by atoms with E-state index in [0.29, 0.717) is 0 Å². The van der Waals surface area contributed by atoms with Crippen molar-refractivity contribution in [3.63, 3.8) is 0 Å². The molecule has 2 heterocycles. The lowest BCUT2D eigenvalue weighted by molar-refractivity contribution is -0.231. The van der Waals surface area contributed by atoms with Crippen molar-refractivity contribution >= 4 is 18.7 Å². The Morgan fingerprint density at radius 1 is 0.970 bits per heavy atom. The summed E-state index contributed by atoms with van der Waals surface area (Å²) < 4.78 is 19.9. The van der Waals surface area contributed by atoms with Crippen molar-refractivity contribution in [2.75, 3.05) is 13.2 Å². The van der Waals surface area contributed by atoms with Crippen LogP contribution in [0.15, 0.2) is 72.8 Å². The zero-order valence-electron chi connectivity index (χ0n) is 20.6. The van der Waals surface area contributed by atoms with Crippen LogP contribution in [-0.2, 0) is 13.9 Å². The van der Waals surface area contributed by atoms with E-state index in [-0.39, 0.29) is 17.7 Å². The van der Waals surface area contributed by atoms with Gasteiger partial charge in [0.1, 0.15) is 17.8 Å². The van der Waals surface area contributed by atoms with Crippen LogP contribution in [0.5, 0.6) is 0 Å². The Hall–Kier alpha value is -1.76. The Morgan fingerprint density at radius 2 is 1.55 bits per heavy atom. The standard InChI is InChI=1S/C28H38O4Si/c1-26(2,3)33(22-13-8-6-9-14-22,23-15-10-7-11-16-23)31-21-28(5)24(29)17-18-25-27(4,32-28)19-12-20-30-25/h6-11,13-18,24-25,29H,12,19-21H2,1-5H3/t24-,25+,27-,28+/m0/s1. The van der Waals surface area contributed by atoms with Gasteiger partial charge in [0, 0.05) is 6.61 Å². The second kappa shape index (κ2) is 9.12. The van der Waals surface area contributed by atoms with Crippen LogP contribution in [0, 0.1) is 0 Å². The third-order valence-corrected chi connectivity index (χ3v) is 12.3. The molecule has 5 heteroatoms. The molecule has 0 saturated carbocycles. The molecule has 1 fully saturated rings. The minimum absolute atomic E-state index is 0.141. The first-order valence-corrected chi connectivity index (χ1v) is 13.9. The zero-order chi connectivity index (χ0) is 23.7. The van der Waals surface area contributed by atoms with Crippen LogP contribution in [0.25, 0.3) is 0 Å². The summed E-state index contributed by atoms with van der Waals surface area (Å²) in [5, 5.41) is 13.5. The van der Waals surface area contributed by atoms with Crippen LogP contribution < -0.4 is 10.4 Å². The zero-order valence-corrected chi connectivity index (χ0v) is 21.6. The lowest BCUT2D eigenvalue weighted by Gasteiger charge is -2.48. The summed E-state index contributed by atoms with van der Waals surface area (Å²) in [7, 11) is -2.74. The highest BCUT2D eigenvalue weighted by Crippen LogP contribution is 2.41. The molecule has 0 amide bonds. The van der Waals surface area contributed by atoms with Crippen LogP contribution in [0.3, 0.4) is 0 Å². The molecule has 4 atom stereocenters. The Kier molecular flexibility index (Phi) is 6.73. The van der Waals surface area contributed by atoms with Gasteiger partial charge in [-0.05, 0) is 42.1 Å². The summed E-state index contributed by atoms with van der Waals surface area (Å²) in [6, 6.07) is 21.2. The summed E-state index contributed by atoms with van der Waals surface area (Å²) >= 11 is 0. The van der Waals surface area contributed by atoms with Gasteiger partial charge in [-0.2, -0.15) is 0 Å². The van der Waals surface area contributed by atoms with Crippen LogP contribution in [-0.4, -0.2) is 50.0 Å². The highest BCUT2D eigenvalue weighted by Gasteiger charge is 2.53. The van der Waals surface area contributed by atoms with Gasteiger partial charge in [-0.15, -0.1) is 0 Å². The van der Waals surface area contributed by atoms with E-state index in [9.17, 15) is 5.11 Å². The van der Waals surface area contributed by atoms with E-state index in [0.717, 1.165) is 19.4 Å². The maximum atomic E-state index is 11.2. The molecule has 178 valence electrons. The van der Waals surface area contributed by atoms with Gasteiger partial charge in [0.05, 0.1) is 12.2 Å². The fraction of sp³-hybridized carbons (Fsp3) is 0.500. The van der Waals surface area contributed by atoms with Crippen molar-refractivity contribution in [1.29, 1.82) is 0 Å². The molecular weight excluding hydrogens is 428 g/mol. The van der Waals surface area contributed by atoms with Crippen molar-refractivity contribution in [3.05, 3.63) is 72.8 Å². The van der Waals surface area contributed by atoms with Gasteiger partial charge in [0.25, 0.3) is 8.32 Å². The van der Waals surface area contributed by atoms with Gasteiger partial charge >= 0.3 is 0 Å². The lowest BCUT2D eigenvalue weighted by atomic mass is 9.90. The topological polar surface area (TPSA) is 47.9 Å². The average Bonchev–Trinajstić information content (AvgIpc) is 2.88. The van der Waals surface area contributed by atoms with Crippen molar-refractivity contribution in [2.45, 2.75) is 75.9 Å². The van der Waals surface area contributed by atoms with Crippen LogP contribution in [0.2, 0.25) is 5.04 Å². The van der Waals surface area contributed by atoms with Gasteiger partial charge < -0.3 is 19.0 Å². The maximum absolute atomic E-state index is 11.2. The summed E-state index contributed by atoms with van der Waals surface area (Å²) in [6.07, 6.45) is 4.69. The third kappa shape index (κ3) is 4.49. The van der Waals surface area contributed by atoms with E-state index in [1.54, 1.807) is 0 Å². The predicted molar refractivity (Wildman–Crippen MR) is 136 cm³/mol. The molecule has 0 bridgehead atoms. The van der Waals surface area contributed by atoms with Crippen molar-refractivity contribution in [2.24, 2.45) is 0 Å². The number of fused-ring (bicyclic) bond motifs is 1. The van der Waals surface area contributed by atoms with E-state index in [1.165, 1.54) is 10.4 Å². The SMILES string of the molecule is CC(C)(C)[Si](OC[C@@]1(C)O[C@@]2(C)CCCO[C@@H]2C=C[C@@H]1O)(c1ccccc1)c1ccccc1. The molecule has 0 aromatic heterocycles. The molecule has 1 N–H and O–H groups in total. The van der Waals surface area contributed by atoms with E-state index < -0.39 is 25.6 Å². The molecule has 1 saturated heterocycles.